The van der Waals surface area contributed by atoms with Crippen LogP contribution in [0.15, 0.2) is 59.5 Å². The van der Waals surface area contributed by atoms with Crippen LogP contribution in [-0.2, 0) is 19.6 Å². The maximum atomic E-state index is 14.5. The smallest absolute Gasteiger partial charge is 0.410 e. The third kappa shape index (κ3) is 7.83. The number of carbonyl (C=O) groups is 2. The first-order valence-corrected chi connectivity index (χ1v) is 14.5. The van der Waals surface area contributed by atoms with Gasteiger partial charge in [-0.1, -0.05) is 17.7 Å². The molecule has 226 valence electrons. The van der Waals surface area contributed by atoms with Gasteiger partial charge in [0.05, 0.1) is 24.9 Å². The molecule has 0 aliphatic carbocycles. The van der Waals surface area contributed by atoms with Gasteiger partial charge in [0.25, 0.3) is 10.0 Å². The Kier molecular flexibility index (Phi) is 9.95. The van der Waals surface area contributed by atoms with E-state index >= 15 is 0 Å². The second-order valence-electron chi connectivity index (χ2n) is 10.3. The molecule has 13 heteroatoms. The van der Waals surface area contributed by atoms with Gasteiger partial charge in [-0.25, -0.2) is 17.6 Å². The highest BCUT2D eigenvalue weighted by molar-refractivity contribution is 7.92. The predicted molar refractivity (Wildman–Crippen MR) is 159 cm³/mol. The van der Waals surface area contributed by atoms with E-state index in [1.807, 2.05) is 0 Å². The molecule has 0 spiro atoms. The number of ether oxygens (including phenoxy) is 3. The lowest BCUT2D eigenvalue weighted by Crippen LogP contribution is -2.45. The number of carbonyl (C=O) groups excluding carboxylic acids is 2. The Labute approximate surface area is 249 Å². The van der Waals surface area contributed by atoms with E-state index in [2.05, 4.69) is 10.0 Å². The number of hydrogen-bond donors (Lipinski definition) is 2. The van der Waals surface area contributed by atoms with Gasteiger partial charge in [-0.3, -0.25) is 14.4 Å². The van der Waals surface area contributed by atoms with Crippen LogP contribution in [0.4, 0.5) is 20.6 Å². The molecule has 2 amide bonds. The van der Waals surface area contributed by atoms with Gasteiger partial charge in [0.15, 0.2) is 0 Å². The number of hydrogen-bond acceptors (Lipinski definition) is 7. The predicted octanol–water partition coefficient (Wildman–Crippen LogP) is 6.16. The molecule has 3 aromatic carbocycles. The summed E-state index contributed by atoms with van der Waals surface area (Å²) in [7, 11) is -0.0281. The van der Waals surface area contributed by atoms with E-state index < -0.39 is 39.5 Å². The number of methoxy groups -OCH3 is 2. The minimum atomic E-state index is -4.26. The SMILES string of the molecule is COc1ccc(F)c(-c2ccc(S(=O)(=O)Nc3cc(NC(=O)[C@H](C)N(C)C(=O)OC(C)(C)C)ccc3OC)c(Cl)c2)c1. The van der Waals surface area contributed by atoms with Crippen molar-refractivity contribution < 1.29 is 36.6 Å². The molecule has 0 aromatic heterocycles. The minimum Gasteiger partial charge on any atom is -0.497 e. The molecule has 0 aliphatic heterocycles. The zero-order valence-electron chi connectivity index (χ0n) is 24.2. The Morgan fingerprint density at radius 2 is 1.69 bits per heavy atom. The first-order valence-electron chi connectivity index (χ1n) is 12.7. The van der Waals surface area contributed by atoms with Crippen molar-refractivity contribution in [1.82, 2.24) is 4.90 Å². The van der Waals surface area contributed by atoms with Crippen molar-refractivity contribution in [3.8, 4) is 22.6 Å². The molecule has 0 heterocycles. The van der Waals surface area contributed by atoms with E-state index in [1.54, 1.807) is 20.8 Å². The zero-order valence-corrected chi connectivity index (χ0v) is 25.8. The summed E-state index contributed by atoms with van der Waals surface area (Å²) >= 11 is 6.36. The highest BCUT2D eigenvalue weighted by atomic mass is 35.5. The maximum absolute atomic E-state index is 14.5. The average molecular weight is 622 g/mol. The van der Waals surface area contributed by atoms with Crippen LogP contribution < -0.4 is 19.5 Å². The molecule has 3 aromatic rings. The third-order valence-electron chi connectivity index (χ3n) is 6.06. The molecule has 42 heavy (non-hydrogen) atoms. The molecule has 0 bridgehead atoms. The molecule has 1 atom stereocenters. The van der Waals surface area contributed by atoms with Crippen LogP contribution in [0, 0.1) is 5.82 Å². The minimum absolute atomic E-state index is 0.0161. The summed E-state index contributed by atoms with van der Waals surface area (Å²) in [6.07, 6.45) is -0.676. The van der Waals surface area contributed by atoms with Crippen LogP contribution in [0.5, 0.6) is 11.5 Å². The number of halogens is 2. The molecule has 0 aliphatic rings. The highest BCUT2D eigenvalue weighted by Crippen LogP contribution is 2.35. The fraction of sp³-hybridized carbons (Fsp3) is 0.310. The number of benzene rings is 3. The number of sulfonamides is 1. The fourth-order valence-corrected chi connectivity index (χ4v) is 5.33. The van der Waals surface area contributed by atoms with E-state index in [0.717, 1.165) is 4.90 Å². The van der Waals surface area contributed by atoms with Gasteiger partial charge in [-0.2, -0.15) is 0 Å². The molecule has 0 fully saturated rings. The monoisotopic (exact) mass is 621 g/mol. The molecule has 0 saturated carbocycles. The first kappa shape index (κ1) is 32.5. The third-order valence-corrected chi connectivity index (χ3v) is 7.91. The fourth-order valence-electron chi connectivity index (χ4n) is 3.72. The lowest BCUT2D eigenvalue weighted by molar-refractivity contribution is -0.120. The molecule has 2 N–H and O–H groups in total. The molecule has 0 unspecified atom stereocenters. The van der Waals surface area contributed by atoms with E-state index in [-0.39, 0.29) is 32.6 Å². The normalized spacial score (nSPS) is 12.2. The molecule has 0 saturated heterocycles. The highest BCUT2D eigenvalue weighted by Gasteiger charge is 2.27. The lowest BCUT2D eigenvalue weighted by Gasteiger charge is -2.28. The Morgan fingerprint density at radius 3 is 2.29 bits per heavy atom. The summed E-state index contributed by atoms with van der Waals surface area (Å²) in [5, 5.41) is 2.51. The van der Waals surface area contributed by atoms with Gasteiger partial charge in [-0.15, -0.1) is 0 Å². The van der Waals surface area contributed by atoms with E-state index in [9.17, 15) is 22.4 Å². The summed E-state index contributed by atoms with van der Waals surface area (Å²) in [5.74, 6) is -0.478. The van der Waals surface area contributed by atoms with Crippen molar-refractivity contribution in [1.29, 1.82) is 0 Å². The summed E-state index contributed by atoms with van der Waals surface area (Å²) < 4.78 is 59.3. The largest absolute Gasteiger partial charge is 0.497 e. The van der Waals surface area contributed by atoms with Gasteiger partial charge in [0.2, 0.25) is 5.91 Å². The van der Waals surface area contributed by atoms with E-state index in [4.69, 9.17) is 25.8 Å². The van der Waals surface area contributed by atoms with Gasteiger partial charge < -0.3 is 19.5 Å². The zero-order chi connectivity index (χ0) is 31.4. The standard InChI is InChI=1S/C29H33ClFN3O7S/c1-17(34(5)28(36)41-29(2,3)4)27(35)32-19-9-12-25(40-7)24(15-19)33-42(37,38)26-13-8-18(14-22(26)30)21-16-20(39-6)10-11-23(21)31/h8-17,33H,1-7H3,(H,32,35)/t17-/m0/s1. The van der Waals surface area contributed by atoms with Crippen molar-refractivity contribution in [3.63, 3.8) is 0 Å². The molecular weight excluding hydrogens is 589 g/mol. The van der Waals surface area contributed by atoms with Crippen molar-refractivity contribution >= 4 is 45.0 Å². The van der Waals surface area contributed by atoms with Crippen molar-refractivity contribution in [2.75, 3.05) is 31.3 Å². The van der Waals surface area contributed by atoms with Crippen molar-refractivity contribution in [3.05, 3.63) is 65.4 Å². The van der Waals surface area contributed by atoms with Gasteiger partial charge >= 0.3 is 6.09 Å². The molecular formula is C29H33ClFN3O7S. The topological polar surface area (TPSA) is 123 Å². The lowest BCUT2D eigenvalue weighted by atomic mass is 10.0. The second kappa shape index (κ2) is 12.9. The summed E-state index contributed by atoms with van der Waals surface area (Å²) in [5.41, 5.74) is 0.0474. The first-order chi connectivity index (χ1) is 19.6. The Hall–Kier alpha value is -4.03. The Morgan fingerprint density at radius 1 is 1.00 bits per heavy atom. The number of rotatable bonds is 9. The number of amides is 2. The van der Waals surface area contributed by atoms with Crippen LogP contribution in [0.3, 0.4) is 0 Å². The quantitative estimate of drug-likeness (QED) is 0.293. The van der Waals surface area contributed by atoms with Crippen LogP contribution in [0.25, 0.3) is 11.1 Å². The number of nitrogens with one attached hydrogen (secondary N) is 2. The second-order valence-corrected chi connectivity index (χ2v) is 12.3. The Balaban J connectivity index is 1.84. The van der Waals surface area contributed by atoms with Crippen LogP contribution >= 0.6 is 11.6 Å². The van der Waals surface area contributed by atoms with Crippen LogP contribution in [0.2, 0.25) is 5.02 Å². The summed E-state index contributed by atoms with van der Waals surface area (Å²) in [6.45, 7) is 6.66. The van der Waals surface area contributed by atoms with Crippen LogP contribution in [0.1, 0.15) is 27.7 Å². The van der Waals surface area contributed by atoms with Crippen LogP contribution in [-0.4, -0.2) is 58.2 Å². The molecule has 3 rings (SSSR count). The van der Waals surface area contributed by atoms with Gasteiger partial charge in [-0.05, 0) is 81.8 Å². The van der Waals surface area contributed by atoms with Crippen molar-refractivity contribution in [2.45, 2.75) is 44.2 Å². The number of nitrogens with zero attached hydrogens (tertiary/aromatic N) is 1. The summed E-state index contributed by atoms with van der Waals surface area (Å²) in [6, 6.07) is 11.6. The van der Waals surface area contributed by atoms with Gasteiger partial charge in [0, 0.05) is 18.3 Å². The number of anilines is 2. The average Bonchev–Trinajstić information content (AvgIpc) is 2.91. The molecule has 0 radical (unpaired) electrons. The Bertz CT molecular complexity index is 1590. The number of likely N-dealkylation sites (N-methyl/N-ethyl adjacent to an activating group) is 1. The summed E-state index contributed by atoms with van der Waals surface area (Å²) in [4.78, 5) is 26.1. The maximum Gasteiger partial charge on any atom is 0.410 e. The van der Waals surface area contributed by atoms with E-state index in [1.165, 1.54) is 82.8 Å². The molecule has 10 nitrogen and oxygen atoms in total. The van der Waals surface area contributed by atoms with Gasteiger partial charge in [0.1, 0.15) is 33.9 Å². The van der Waals surface area contributed by atoms with Crippen molar-refractivity contribution in [2.24, 2.45) is 0 Å². The van der Waals surface area contributed by atoms with E-state index in [0.29, 0.717) is 11.3 Å².